The first-order valence-corrected chi connectivity index (χ1v) is 11.5. The van der Waals surface area contributed by atoms with E-state index < -0.39 is 5.91 Å². The molecule has 1 aromatic heterocycles. The number of fused-ring (bicyclic) bond motifs is 2. The third-order valence-electron chi connectivity index (χ3n) is 6.67. The zero-order chi connectivity index (χ0) is 22.6. The third kappa shape index (κ3) is 4.98. The van der Waals surface area contributed by atoms with Crippen molar-refractivity contribution in [2.24, 2.45) is 0 Å². The van der Waals surface area contributed by atoms with E-state index in [-0.39, 0.29) is 24.2 Å². The van der Waals surface area contributed by atoms with Crippen LogP contribution in [0.5, 0.6) is 0 Å². The highest BCUT2D eigenvalue weighted by molar-refractivity contribution is 5.95. The highest BCUT2D eigenvalue weighted by Crippen LogP contribution is 2.36. The van der Waals surface area contributed by atoms with Crippen LogP contribution in [0.25, 0.3) is 11.3 Å². The topological polar surface area (TPSA) is 87.5 Å². The second-order valence-corrected chi connectivity index (χ2v) is 8.90. The van der Waals surface area contributed by atoms with Crippen molar-refractivity contribution >= 4 is 11.8 Å². The van der Waals surface area contributed by atoms with Gasteiger partial charge in [0.1, 0.15) is 0 Å². The van der Waals surface area contributed by atoms with Crippen LogP contribution in [0.2, 0.25) is 0 Å². The molecule has 3 heterocycles. The molecule has 0 radical (unpaired) electrons. The summed E-state index contributed by atoms with van der Waals surface area (Å²) in [5.74, 6) is -0.0761. The largest absolute Gasteiger partial charge is 0.355 e. The zero-order valence-electron chi connectivity index (χ0n) is 18.4. The molecule has 2 saturated heterocycles. The van der Waals surface area contributed by atoms with Gasteiger partial charge in [-0.2, -0.15) is 0 Å². The van der Waals surface area contributed by atoms with Gasteiger partial charge in [-0.3, -0.25) is 14.5 Å². The normalized spacial score (nSPS) is 22.1. The molecule has 2 aromatic carbocycles. The van der Waals surface area contributed by atoms with Crippen molar-refractivity contribution in [1.29, 1.82) is 0 Å². The number of nitrogens with zero attached hydrogens (tertiary/aromatic N) is 2. The van der Waals surface area contributed by atoms with Crippen LogP contribution in [0.3, 0.4) is 0 Å². The molecule has 0 aliphatic carbocycles. The van der Waals surface area contributed by atoms with Crippen LogP contribution in [-0.4, -0.2) is 46.5 Å². The molecule has 5 rings (SSSR count). The van der Waals surface area contributed by atoms with Crippen LogP contribution < -0.4 is 10.6 Å². The number of benzene rings is 2. The lowest BCUT2D eigenvalue weighted by Crippen LogP contribution is -2.51. The van der Waals surface area contributed by atoms with Crippen molar-refractivity contribution in [3.05, 3.63) is 78.0 Å². The fraction of sp³-hybridized carbons (Fsp3) is 0.346. The molecule has 0 spiro atoms. The van der Waals surface area contributed by atoms with E-state index in [0.717, 1.165) is 24.9 Å². The van der Waals surface area contributed by atoms with E-state index in [2.05, 4.69) is 45.0 Å². The molecule has 2 atom stereocenters. The number of rotatable bonds is 7. The Morgan fingerprint density at radius 1 is 0.970 bits per heavy atom. The molecule has 2 N–H and O–H groups in total. The van der Waals surface area contributed by atoms with Gasteiger partial charge in [0.25, 0.3) is 5.91 Å². The number of piperidine rings is 1. The Morgan fingerprint density at radius 3 is 2.33 bits per heavy atom. The van der Waals surface area contributed by atoms with E-state index in [9.17, 15) is 9.59 Å². The minimum atomic E-state index is -0.422. The molecule has 2 unspecified atom stereocenters. The summed E-state index contributed by atoms with van der Waals surface area (Å²) < 4.78 is 5.27. The summed E-state index contributed by atoms with van der Waals surface area (Å²) in [6.45, 7) is 0.890. The fourth-order valence-electron chi connectivity index (χ4n) is 5.09. The van der Waals surface area contributed by atoms with Crippen molar-refractivity contribution in [3.63, 3.8) is 0 Å². The van der Waals surface area contributed by atoms with Gasteiger partial charge in [-0.05, 0) is 31.2 Å². The zero-order valence-corrected chi connectivity index (χ0v) is 18.4. The second kappa shape index (κ2) is 9.58. The SMILES string of the molecule is O=C(CNC(=O)c1cc(-c2ccccc2)on1)NC1CC2CCC(C1)N2Cc1ccccc1. The van der Waals surface area contributed by atoms with Crippen LogP contribution in [0.15, 0.2) is 71.3 Å². The minimum absolute atomic E-state index is 0.0775. The summed E-state index contributed by atoms with van der Waals surface area (Å²) >= 11 is 0. The van der Waals surface area contributed by atoms with E-state index in [1.807, 2.05) is 36.4 Å². The lowest BCUT2D eigenvalue weighted by molar-refractivity contribution is -0.121. The highest BCUT2D eigenvalue weighted by atomic mass is 16.5. The van der Waals surface area contributed by atoms with Crippen molar-refractivity contribution < 1.29 is 14.1 Å². The van der Waals surface area contributed by atoms with E-state index in [1.54, 1.807) is 6.07 Å². The molecule has 2 amide bonds. The number of nitrogens with one attached hydrogen (secondary N) is 2. The maximum Gasteiger partial charge on any atom is 0.273 e. The molecule has 0 saturated carbocycles. The monoisotopic (exact) mass is 444 g/mol. The van der Waals surface area contributed by atoms with E-state index in [0.29, 0.717) is 17.8 Å². The average Bonchev–Trinajstić information content (AvgIpc) is 3.42. The lowest BCUT2D eigenvalue weighted by atomic mass is 9.96. The lowest BCUT2D eigenvalue weighted by Gasteiger charge is -2.39. The molecule has 2 bridgehead atoms. The first-order chi connectivity index (χ1) is 16.2. The van der Waals surface area contributed by atoms with E-state index >= 15 is 0 Å². The Kier molecular flexibility index (Phi) is 6.21. The molecule has 2 fully saturated rings. The third-order valence-corrected chi connectivity index (χ3v) is 6.67. The van der Waals surface area contributed by atoms with Gasteiger partial charge >= 0.3 is 0 Å². The molecule has 2 aliphatic rings. The first-order valence-electron chi connectivity index (χ1n) is 11.5. The fourth-order valence-corrected chi connectivity index (χ4v) is 5.09. The number of hydrogen-bond donors (Lipinski definition) is 2. The predicted molar refractivity (Wildman–Crippen MR) is 124 cm³/mol. The molecule has 2 aliphatic heterocycles. The van der Waals surface area contributed by atoms with Crippen molar-refractivity contribution in [1.82, 2.24) is 20.7 Å². The van der Waals surface area contributed by atoms with Gasteiger partial charge in [-0.1, -0.05) is 65.8 Å². The number of hydrogen-bond acceptors (Lipinski definition) is 5. The Labute approximate surface area is 193 Å². The highest BCUT2D eigenvalue weighted by Gasteiger charge is 2.40. The average molecular weight is 445 g/mol. The quantitative estimate of drug-likeness (QED) is 0.583. The second-order valence-electron chi connectivity index (χ2n) is 8.90. The number of aromatic nitrogens is 1. The summed E-state index contributed by atoms with van der Waals surface area (Å²) in [5.41, 5.74) is 2.34. The van der Waals surface area contributed by atoms with Gasteiger partial charge in [0, 0.05) is 36.3 Å². The minimum Gasteiger partial charge on any atom is -0.355 e. The van der Waals surface area contributed by atoms with Crippen LogP contribution >= 0.6 is 0 Å². The molecule has 7 heteroatoms. The molecular weight excluding hydrogens is 416 g/mol. The molecule has 7 nitrogen and oxygen atoms in total. The van der Waals surface area contributed by atoms with Gasteiger partial charge in [0.2, 0.25) is 5.91 Å². The molecular formula is C26H28N4O3. The van der Waals surface area contributed by atoms with E-state index in [1.165, 1.54) is 18.4 Å². The van der Waals surface area contributed by atoms with Crippen molar-refractivity contribution in [2.75, 3.05) is 6.54 Å². The predicted octanol–water partition coefficient (Wildman–Crippen LogP) is 3.38. The summed E-state index contributed by atoms with van der Waals surface area (Å²) in [5, 5.41) is 9.60. The summed E-state index contributed by atoms with van der Waals surface area (Å²) in [4.78, 5) is 27.5. The Morgan fingerprint density at radius 2 is 1.64 bits per heavy atom. The molecule has 170 valence electrons. The van der Waals surface area contributed by atoms with Gasteiger partial charge in [-0.25, -0.2) is 0 Å². The number of amides is 2. The summed E-state index contributed by atoms with van der Waals surface area (Å²) in [7, 11) is 0. The van der Waals surface area contributed by atoms with Crippen LogP contribution in [0.4, 0.5) is 0 Å². The van der Waals surface area contributed by atoms with Gasteiger partial charge < -0.3 is 15.2 Å². The standard InChI is InChI=1S/C26H28N4O3/c31-25(16-27-26(32)23-15-24(33-29-23)19-9-5-2-6-10-19)28-20-13-21-11-12-22(14-20)30(21)17-18-7-3-1-4-8-18/h1-10,15,20-22H,11-14,16-17H2,(H,27,32)(H,28,31). The Hall–Kier alpha value is -3.45. The molecule has 33 heavy (non-hydrogen) atoms. The maximum absolute atomic E-state index is 12.5. The van der Waals surface area contributed by atoms with Crippen LogP contribution in [-0.2, 0) is 11.3 Å². The van der Waals surface area contributed by atoms with Gasteiger partial charge in [0.15, 0.2) is 11.5 Å². The first kappa shape index (κ1) is 21.4. The molecule has 3 aromatic rings. The Bertz CT molecular complexity index is 1080. The number of carbonyl (C=O) groups excluding carboxylic acids is 2. The maximum atomic E-state index is 12.5. The van der Waals surface area contributed by atoms with Crippen LogP contribution in [0.1, 0.15) is 41.7 Å². The summed E-state index contributed by atoms with van der Waals surface area (Å²) in [6, 6.07) is 22.7. The summed E-state index contributed by atoms with van der Waals surface area (Å²) in [6.07, 6.45) is 4.26. The van der Waals surface area contributed by atoms with Crippen molar-refractivity contribution in [3.8, 4) is 11.3 Å². The smallest absolute Gasteiger partial charge is 0.273 e. The van der Waals surface area contributed by atoms with Gasteiger partial charge in [0.05, 0.1) is 6.54 Å². The number of carbonyl (C=O) groups is 2. The Balaban J connectivity index is 1.10. The van der Waals surface area contributed by atoms with E-state index in [4.69, 9.17) is 4.52 Å². The van der Waals surface area contributed by atoms with Crippen LogP contribution in [0, 0.1) is 0 Å². The van der Waals surface area contributed by atoms with Gasteiger partial charge in [-0.15, -0.1) is 0 Å². The van der Waals surface area contributed by atoms with Crippen molar-refractivity contribution in [2.45, 2.75) is 50.4 Å².